The van der Waals surface area contributed by atoms with Gasteiger partial charge in [0, 0.05) is 32.8 Å². The zero-order chi connectivity index (χ0) is 40.7. The average molecular weight is 788 g/mol. The Bertz CT molecular complexity index is 3850. The van der Waals surface area contributed by atoms with Crippen LogP contribution in [0.15, 0.2) is 229 Å². The summed E-state index contributed by atoms with van der Waals surface area (Å²) in [6.45, 7) is 0. The molecular formula is C60H37NO. The van der Waals surface area contributed by atoms with E-state index in [9.17, 15) is 0 Å². The molecular weight excluding hydrogens is 751 g/mol. The standard InChI is InChI=1S/C60H37NO/c1-2-14-39(15-3-1)58-48-18-6-8-20-50(48)59(51-21-9-7-19-49(51)58)40-27-31-45(32-28-40)61-55-33-29-43(42-26-25-38-13-4-5-16-41(38)35-42)36-53(55)54-37-44(30-34-56(54)61)46-22-12-23-52-47-17-10-11-24-57(47)62-60(46)52/h1-37H. The van der Waals surface area contributed by atoms with Crippen LogP contribution in [0, 0.1) is 0 Å². The van der Waals surface area contributed by atoms with Gasteiger partial charge in [-0.05, 0) is 120 Å². The number of hydrogen-bond donors (Lipinski definition) is 0. The molecule has 0 saturated carbocycles. The summed E-state index contributed by atoms with van der Waals surface area (Å²) in [5, 5.41) is 12.2. The van der Waals surface area contributed by atoms with Crippen molar-refractivity contribution in [2.75, 3.05) is 0 Å². The largest absolute Gasteiger partial charge is 0.455 e. The van der Waals surface area contributed by atoms with Crippen LogP contribution in [0.4, 0.5) is 0 Å². The SMILES string of the molecule is c1ccc(-c2c3ccccc3c(-c3ccc(-n4c5ccc(-c6ccc7ccccc7c6)cc5c5cc(-c6cccc7c6oc6ccccc67)ccc54)cc3)c3ccccc23)cc1. The second-order valence-electron chi connectivity index (χ2n) is 16.4. The molecule has 288 valence electrons. The van der Waals surface area contributed by atoms with E-state index in [0.717, 1.165) is 44.3 Å². The lowest BCUT2D eigenvalue weighted by Crippen LogP contribution is -1.95. The lowest BCUT2D eigenvalue weighted by atomic mass is 9.86. The van der Waals surface area contributed by atoms with Gasteiger partial charge in [0.15, 0.2) is 0 Å². The smallest absolute Gasteiger partial charge is 0.143 e. The van der Waals surface area contributed by atoms with E-state index in [1.165, 1.54) is 82.0 Å². The molecule has 0 atom stereocenters. The molecule has 0 aliphatic heterocycles. The number of para-hydroxylation sites is 2. The van der Waals surface area contributed by atoms with Crippen molar-refractivity contribution in [3.63, 3.8) is 0 Å². The predicted molar refractivity (Wildman–Crippen MR) is 262 cm³/mol. The van der Waals surface area contributed by atoms with Gasteiger partial charge in [0.05, 0.1) is 11.0 Å². The number of nitrogens with zero attached hydrogens (tertiary/aromatic N) is 1. The van der Waals surface area contributed by atoms with Crippen LogP contribution in [0.2, 0.25) is 0 Å². The topological polar surface area (TPSA) is 18.1 Å². The molecule has 0 aliphatic carbocycles. The third-order valence-corrected chi connectivity index (χ3v) is 13.0. The van der Waals surface area contributed by atoms with Gasteiger partial charge in [0.25, 0.3) is 0 Å². The van der Waals surface area contributed by atoms with E-state index < -0.39 is 0 Å². The van der Waals surface area contributed by atoms with Crippen LogP contribution in [0.5, 0.6) is 0 Å². The molecule has 2 heterocycles. The van der Waals surface area contributed by atoms with Crippen molar-refractivity contribution in [2.45, 2.75) is 0 Å². The maximum absolute atomic E-state index is 6.55. The van der Waals surface area contributed by atoms with Crippen LogP contribution in [0.1, 0.15) is 0 Å². The summed E-state index contributed by atoms with van der Waals surface area (Å²) in [5.41, 5.74) is 14.9. The maximum Gasteiger partial charge on any atom is 0.143 e. The number of rotatable bonds is 5. The fourth-order valence-corrected chi connectivity index (χ4v) is 10.1. The second-order valence-corrected chi connectivity index (χ2v) is 16.4. The van der Waals surface area contributed by atoms with E-state index in [-0.39, 0.29) is 0 Å². The molecule has 0 unspecified atom stereocenters. The van der Waals surface area contributed by atoms with E-state index in [4.69, 9.17) is 4.42 Å². The van der Waals surface area contributed by atoms with Crippen molar-refractivity contribution in [1.82, 2.24) is 4.57 Å². The molecule has 2 nitrogen and oxygen atoms in total. The first kappa shape index (κ1) is 34.6. The fourth-order valence-electron chi connectivity index (χ4n) is 10.1. The van der Waals surface area contributed by atoms with Crippen molar-refractivity contribution in [2.24, 2.45) is 0 Å². The number of fused-ring (bicyclic) bond motifs is 9. The van der Waals surface area contributed by atoms with Gasteiger partial charge in [-0.15, -0.1) is 0 Å². The molecule has 13 rings (SSSR count). The molecule has 62 heavy (non-hydrogen) atoms. The molecule has 0 fully saturated rings. The lowest BCUT2D eigenvalue weighted by molar-refractivity contribution is 0.670. The first-order valence-electron chi connectivity index (χ1n) is 21.3. The summed E-state index contributed by atoms with van der Waals surface area (Å²) in [5.74, 6) is 0. The summed E-state index contributed by atoms with van der Waals surface area (Å²) in [6, 6.07) is 81.8. The van der Waals surface area contributed by atoms with Crippen LogP contribution >= 0.6 is 0 Å². The number of hydrogen-bond acceptors (Lipinski definition) is 1. The highest BCUT2D eigenvalue weighted by Crippen LogP contribution is 2.45. The minimum Gasteiger partial charge on any atom is -0.455 e. The van der Waals surface area contributed by atoms with Crippen LogP contribution in [0.25, 0.3) is 126 Å². The molecule has 0 spiro atoms. The monoisotopic (exact) mass is 787 g/mol. The van der Waals surface area contributed by atoms with Crippen LogP contribution in [-0.2, 0) is 0 Å². The van der Waals surface area contributed by atoms with Crippen molar-refractivity contribution in [1.29, 1.82) is 0 Å². The molecule has 0 amide bonds. The Kier molecular flexibility index (Phi) is 7.64. The van der Waals surface area contributed by atoms with Crippen molar-refractivity contribution < 1.29 is 4.42 Å². The van der Waals surface area contributed by atoms with Crippen molar-refractivity contribution >= 4 is 76.1 Å². The van der Waals surface area contributed by atoms with E-state index in [0.29, 0.717) is 0 Å². The maximum atomic E-state index is 6.55. The van der Waals surface area contributed by atoms with E-state index >= 15 is 0 Å². The zero-order valence-corrected chi connectivity index (χ0v) is 33.7. The summed E-state index contributed by atoms with van der Waals surface area (Å²) in [6.07, 6.45) is 0. The molecule has 2 heteroatoms. The Morgan fingerprint density at radius 3 is 1.48 bits per heavy atom. The normalized spacial score (nSPS) is 11.9. The second kappa shape index (κ2) is 13.7. The van der Waals surface area contributed by atoms with Gasteiger partial charge in [-0.3, -0.25) is 0 Å². The number of aromatic nitrogens is 1. The molecule has 13 aromatic rings. The van der Waals surface area contributed by atoms with Crippen LogP contribution < -0.4 is 0 Å². The first-order valence-corrected chi connectivity index (χ1v) is 21.3. The van der Waals surface area contributed by atoms with E-state index in [2.05, 4.69) is 223 Å². The molecule has 0 radical (unpaired) electrons. The van der Waals surface area contributed by atoms with Crippen molar-refractivity contribution in [3.8, 4) is 50.2 Å². The van der Waals surface area contributed by atoms with E-state index in [1.54, 1.807) is 0 Å². The Labute approximate surface area is 358 Å². The highest BCUT2D eigenvalue weighted by atomic mass is 16.3. The molecule has 0 aliphatic rings. The summed E-state index contributed by atoms with van der Waals surface area (Å²) >= 11 is 0. The molecule has 0 bridgehead atoms. The van der Waals surface area contributed by atoms with Crippen molar-refractivity contribution in [3.05, 3.63) is 224 Å². The molecule has 11 aromatic carbocycles. The predicted octanol–water partition coefficient (Wildman–Crippen LogP) is 16.8. The Morgan fingerprint density at radius 1 is 0.290 bits per heavy atom. The highest BCUT2D eigenvalue weighted by Gasteiger charge is 2.20. The van der Waals surface area contributed by atoms with Crippen LogP contribution in [-0.4, -0.2) is 4.57 Å². The van der Waals surface area contributed by atoms with Gasteiger partial charge in [0.2, 0.25) is 0 Å². The number of furan rings is 1. The average Bonchev–Trinajstić information content (AvgIpc) is 3.89. The third kappa shape index (κ3) is 5.30. The lowest BCUT2D eigenvalue weighted by Gasteiger charge is -2.18. The Balaban J connectivity index is 1.01. The van der Waals surface area contributed by atoms with Gasteiger partial charge in [-0.1, -0.05) is 176 Å². The fraction of sp³-hybridized carbons (Fsp3) is 0. The number of benzene rings is 11. The highest BCUT2D eigenvalue weighted by molar-refractivity contribution is 6.21. The molecule has 0 saturated heterocycles. The zero-order valence-electron chi connectivity index (χ0n) is 33.7. The van der Waals surface area contributed by atoms with Gasteiger partial charge >= 0.3 is 0 Å². The summed E-state index contributed by atoms with van der Waals surface area (Å²) in [7, 11) is 0. The Hall–Kier alpha value is -8.20. The quantitative estimate of drug-likeness (QED) is 0.159. The van der Waals surface area contributed by atoms with E-state index in [1.807, 2.05) is 6.07 Å². The molecule has 2 aromatic heterocycles. The first-order chi connectivity index (χ1) is 30.7. The van der Waals surface area contributed by atoms with Gasteiger partial charge in [0.1, 0.15) is 11.2 Å². The summed E-state index contributed by atoms with van der Waals surface area (Å²) in [4.78, 5) is 0. The third-order valence-electron chi connectivity index (χ3n) is 13.0. The van der Waals surface area contributed by atoms with Gasteiger partial charge in [-0.2, -0.15) is 0 Å². The van der Waals surface area contributed by atoms with Crippen LogP contribution in [0.3, 0.4) is 0 Å². The Morgan fingerprint density at radius 2 is 0.790 bits per heavy atom. The van der Waals surface area contributed by atoms with Gasteiger partial charge in [-0.25, -0.2) is 0 Å². The summed E-state index contributed by atoms with van der Waals surface area (Å²) < 4.78 is 8.98. The minimum atomic E-state index is 0.907. The van der Waals surface area contributed by atoms with Gasteiger partial charge < -0.3 is 8.98 Å². The molecule has 0 N–H and O–H groups in total. The minimum absolute atomic E-state index is 0.907.